The first kappa shape index (κ1) is 14.5. The Morgan fingerprint density at radius 2 is 2.07 bits per heavy atom. The van der Waals surface area contributed by atoms with E-state index in [1.807, 2.05) is 25.1 Å². The molecule has 0 aromatic heterocycles. The standard InChI is InChI=1S/C8H10O3S2.Na/c1-7-3-2-4-8(5-7)6-12-13(9,10)11;/h2-5H,6H2,1H3,(H,9,10,11);/q;+1/p-1. The van der Waals surface area contributed by atoms with Gasteiger partial charge < -0.3 is 4.55 Å². The number of hydrogen-bond donors (Lipinski definition) is 0. The average Bonchev–Trinajstić information content (AvgIpc) is 2.00. The summed E-state index contributed by atoms with van der Waals surface area (Å²) in [6, 6.07) is 7.41. The summed E-state index contributed by atoms with van der Waals surface area (Å²) in [5, 5.41) is 0. The Hall–Kier alpha value is 0.480. The van der Waals surface area contributed by atoms with Gasteiger partial charge in [0.1, 0.15) is 9.15 Å². The van der Waals surface area contributed by atoms with Crippen LogP contribution in [0, 0.1) is 6.92 Å². The number of benzene rings is 1. The van der Waals surface area contributed by atoms with Crippen molar-refractivity contribution in [1.82, 2.24) is 0 Å². The molecule has 0 unspecified atom stereocenters. The minimum atomic E-state index is -4.17. The molecule has 0 radical (unpaired) electrons. The predicted molar refractivity (Wildman–Crippen MR) is 52.2 cm³/mol. The third-order valence-corrected chi connectivity index (χ3v) is 3.41. The van der Waals surface area contributed by atoms with Crippen molar-refractivity contribution < 1.29 is 42.5 Å². The molecule has 0 atom stereocenters. The molecule has 0 aliphatic carbocycles. The molecular weight excluding hydrogens is 231 g/mol. The zero-order valence-corrected chi connectivity index (χ0v) is 11.7. The van der Waals surface area contributed by atoms with E-state index in [0.717, 1.165) is 11.1 Å². The molecule has 0 amide bonds. The minimum absolute atomic E-state index is 0. The Labute approximate surface area is 110 Å². The maximum Gasteiger partial charge on any atom is 1.00 e. The van der Waals surface area contributed by atoms with Gasteiger partial charge in [-0.15, -0.1) is 0 Å². The Balaban J connectivity index is 0.00000169. The predicted octanol–water partition coefficient (Wildman–Crippen LogP) is -1.31. The van der Waals surface area contributed by atoms with Crippen LogP contribution in [0.25, 0.3) is 0 Å². The average molecular weight is 240 g/mol. The monoisotopic (exact) mass is 240 g/mol. The molecule has 0 aliphatic rings. The van der Waals surface area contributed by atoms with Crippen LogP contribution < -0.4 is 29.6 Å². The molecule has 3 nitrogen and oxygen atoms in total. The Bertz CT molecular complexity index is 389. The van der Waals surface area contributed by atoms with Gasteiger partial charge >= 0.3 is 29.6 Å². The van der Waals surface area contributed by atoms with Crippen LogP contribution in [-0.4, -0.2) is 13.0 Å². The van der Waals surface area contributed by atoms with E-state index >= 15 is 0 Å². The van der Waals surface area contributed by atoms with E-state index in [1.165, 1.54) is 0 Å². The molecule has 1 aromatic rings. The van der Waals surface area contributed by atoms with Crippen LogP contribution in [0.2, 0.25) is 0 Å². The zero-order valence-electron chi connectivity index (χ0n) is 8.06. The third kappa shape index (κ3) is 6.06. The van der Waals surface area contributed by atoms with Crippen molar-refractivity contribution in [1.29, 1.82) is 0 Å². The second-order valence-electron chi connectivity index (χ2n) is 2.66. The topological polar surface area (TPSA) is 57.2 Å². The summed E-state index contributed by atoms with van der Waals surface area (Å²) >= 11 is 0. The fraction of sp³-hybridized carbons (Fsp3) is 0.250. The van der Waals surface area contributed by atoms with Gasteiger partial charge in [0.05, 0.1) is 0 Å². The van der Waals surface area contributed by atoms with Gasteiger partial charge in [-0.1, -0.05) is 29.8 Å². The van der Waals surface area contributed by atoms with Crippen molar-refractivity contribution in [2.45, 2.75) is 12.7 Å². The van der Waals surface area contributed by atoms with E-state index in [0.29, 0.717) is 10.8 Å². The number of aryl methyl sites for hydroxylation is 1. The van der Waals surface area contributed by atoms with E-state index in [2.05, 4.69) is 0 Å². The molecule has 0 saturated heterocycles. The fourth-order valence-corrected chi connectivity index (χ4v) is 2.24. The molecule has 0 heterocycles. The van der Waals surface area contributed by atoms with Gasteiger partial charge in [0, 0.05) is 5.75 Å². The summed E-state index contributed by atoms with van der Waals surface area (Å²) in [6.45, 7) is 1.92. The van der Waals surface area contributed by atoms with Gasteiger partial charge in [-0.3, -0.25) is 0 Å². The summed E-state index contributed by atoms with van der Waals surface area (Å²) in [6.07, 6.45) is 0. The Kier molecular flexibility index (Phi) is 6.36. The first-order valence-corrected chi connectivity index (χ1v) is 6.54. The first-order chi connectivity index (χ1) is 5.97. The van der Waals surface area contributed by atoms with Gasteiger partial charge in [0.15, 0.2) is 0 Å². The fourth-order valence-electron chi connectivity index (χ4n) is 0.942. The number of rotatable bonds is 3. The molecule has 0 saturated carbocycles. The third-order valence-electron chi connectivity index (χ3n) is 1.45. The van der Waals surface area contributed by atoms with Crippen LogP contribution in [0.1, 0.15) is 11.1 Å². The molecule has 0 fully saturated rings. The maximum atomic E-state index is 10.3. The van der Waals surface area contributed by atoms with Crippen molar-refractivity contribution >= 4 is 19.9 Å². The van der Waals surface area contributed by atoms with Crippen LogP contribution >= 0.6 is 10.8 Å². The quantitative estimate of drug-likeness (QED) is 0.374. The molecule has 6 heteroatoms. The molecule has 14 heavy (non-hydrogen) atoms. The number of hydrogen-bond acceptors (Lipinski definition) is 4. The SMILES string of the molecule is Cc1cccc(CSS(=O)(=O)[O-])c1.[Na+]. The molecular formula is C8H9NaO3S2. The van der Waals surface area contributed by atoms with Gasteiger partial charge in [-0.2, -0.15) is 0 Å². The van der Waals surface area contributed by atoms with Crippen molar-refractivity contribution in [3.8, 4) is 0 Å². The van der Waals surface area contributed by atoms with Crippen molar-refractivity contribution in [2.24, 2.45) is 0 Å². The largest absolute Gasteiger partial charge is 1.00 e. The van der Waals surface area contributed by atoms with E-state index in [9.17, 15) is 13.0 Å². The van der Waals surface area contributed by atoms with E-state index in [-0.39, 0.29) is 35.3 Å². The molecule has 0 aliphatic heterocycles. The van der Waals surface area contributed by atoms with Gasteiger partial charge in [0.25, 0.3) is 0 Å². The van der Waals surface area contributed by atoms with Crippen LogP contribution in [0.5, 0.6) is 0 Å². The van der Waals surface area contributed by atoms with E-state index in [1.54, 1.807) is 6.07 Å². The summed E-state index contributed by atoms with van der Waals surface area (Å²) in [4.78, 5) is 0. The van der Waals surface area contributed by atoms with Crippen molar-refractivity contribution in [3.05, 3.63) is 35.4 Å². The van der Waals surface area contributed by atoms with E-state index < -0.39 is 9.15 Å². The normalized spacial score (nSPS) is 10.7. The van der Waals surface area contributed by atoms with Crippen LogP contribution in [0.4, 0.5) is 0 Å². The maximum absolute atomic E-state index is 10.3. The second kappa shape index (κ2) is 6.15. The van der Waals surface area contributed by atoms with Gasteiger partial charge in [0.2, 0.25) is 0 Å². The van der Waals surface area contributed by atoms with Crippen LogP contribution in [0.15, 0.2) is 24.3 Å². The van der Waals surface area contributed by atoms with Crippen LogP contribution in [-0.2, 0) is 14.9 Å². The summed E-state index contributed by atoms with van der Waals surface area (Å²) in [5.74, 6) is 0.216. The molecule has 1 aromatic carbocycles. The van der Waals surface area contributed by atoms with Crippen LogP contribution in [0.3, 0.4) is 0 Å². The smallest absolute Gasteiger partial charge is 0.739 e. The zero-order chi connectivity index (χ0) is 9.90. The van der Waals surface area contributed by atoms with Crippen molar-refractivity contribution in [2.75, 3.05) is 0 Å². The van der Waals surface area contributed by atoms with Gasteiger partial charge in [-0.25, -0.2) is 8.42 Å². The molecule has 72 valence electrons. The van der Waals surface area contributed by atoms with Crippen molar-refractivity contribution in [3.63, 3.8) is 0 Å². The molecule has 0 bridgehead atoms. The minimum Gasteiger partial charge on any atom is -0.739 e. The van der Waals surface area contributed by atoms with E-state index in [4.69, 9.17) is 0 Å². The molecule has 0 N–H and O–H groups in total. The second-order valence-corrected chi connectivity index (χ2v) is 5.93. The first-order valence-electron chi connectivity index (χ1n) is 3.63. The summed E-state index contributed by atoms with van der Waals surface area (Å²) < 4.78 is 30.9. The summed E-state index contributed by atoms with van der Waals surface area (Å²) in [5.41, 5.74) is 1.91. The Morgan fingerprint density at radius 1 is 1.43 bits per heavy atom. The summed E-state index contributed by atoms with van der Waals surface area (Å²) in [7, 11) is -3.76. The molecule has 0 spiro atoms. The molecule has 1 rings (SSSR count). The van der Waals surface area contributed by atoms with Gasteiger partial charge in [-0.05, 0) is 23.3 Å². The Morgan fingerprint density at radius 3 is 2.57 bits per heavy atom.